The van der Waals surface area contributed by atoms with Gasteiger partial charge in [0.05, 0.1) is 7.11 Å². The topological polar surface area (TPSA) is 35.2 Å². The van der Waals surface area contributed by atoms with Crippen molar-refractivity contribution in [3.8, 4) is 5.75 Å². The first kappa shape index (κ1) is 12.9. The average molecular weight is 199 g/mol. The largest absolute Gasteiger partial charge is 0.494 e. The van der Waals surface area contributed by atoms with Crippen LogP contribution in [0.5, 0.6) is 5.75 Å². The Labute approximate surface area is 84.9 Å². The third-order valence-electron chi connectivity index (χ3n) is 1.83. The fourth-order valence-electron chi connectivity index (χ4n) is 1.07. The maximum Gasteiger partial charge on any atom is 0.165 e. The summed E-state index contributed by atoms with van der Waals surface area (Å²) in [4.78, 5) is 0. The Morgan fingerprint density at radius 3 is 2.36 bits per heavy atom. The summed E-state index contributed by atoms with van der Waals surface area (Å²) in [5.41, 5.74) is 7.21. The Balaban J connectivity index is 0.000000791. The van der Waals surface area contributed by atoms with E-state index in [-0.39, 0.29) is 11.6 Å². The van der Waals surface area contributed by atoms with Crippen molar-refractivity contribution in [2.75, 3.05) is 7.11 Å². The van der Waals surface area contributed by atoms with Gasteiger partial charge in [0.25, 0.3) is 0 Å². The molecule has 1 rings (SSSR count). The highest BCUT2D eigenvalue weighted by molar-refractivity contribution is 5.36. The van der Waals surface area contributed by atoms with E-state index in [0.717, 1.165) is 11.1 Å². The molecule has 0 fully saturated rings. The number of rotatable bonds is 2. The van der Waals surface area contributed by atoms with Gasteiger partial charge in [-0.2, -0.15) is 0 Å². The van der Waals surface area contributed by atoms with Gasteiger partial charge in [0.1, 0.15) is 0 Å². The van der Waals surface area contributed by atoms with Gasteiger partial charge in [0, 0.05) is 6.54 Å². The molecule has 1 aromatic rings. The molecular formula is C11H18FNO. The van der Waals surface area contributed by atoms with E-state index in [0.29, 0.717) is 6.54 Å². The van der Waals surface area contributed by atoms with Crippen molar-refractivity contribution in [1.29, 1.82) is 0 Å². The summed E-state index contributed by atoms with van der Waals surface area (Å²) in [5, 5.41) is 0. The van der Waals surface area contributed by atoms with Gasteiger partial charge in [-0.05, 0) is 30.2 Å². The second-order valence-electron chi connectivity index (χ2n) is 2.62. The van der Waals surface area contributed by atoms with Gasteiger partial charge in [-0.25, -0.2) is 4.39 Å². The lowest BCUT2D eigenvalue weighted by Crippen LogP contribution is -2.01. The van der Waals surface area contributed by atoms with E-state index in [9.17, 15) is 4.39 Å². The van der Waals surface area contributed by atoms with Gasteiger partial charge in [-0.3, -0.25) is 0 Å². The number of aryl methyl sites for hydroxylation is 1. The lowest BCUT2D eigenvalue weighted by molar-refractivity contribution is 0.385. The fourth-order valence-corrected chi connectivity index (χ4v) is 1.07. The van der Waals surface area contributed by atoms with E-state index in [2.05, 4.69) is 0 Å². The Hall–Kier alpha value is -1.09. The molecule has 0 aliphatic carbocycles. The fraction of sp³-hybridized carbons (Fsp3) is 0.455. The summed E-state index contributed by atoms with van der Waals surface area (Å²) in [6, 6.07) is 3.06. The Morgan fingerprint density at radius 2 is 1.93 bits per heavy atom. The van der Waals surface area contributed by atoms with Crippen LogP contribution < -0.4 is 10.5 Å². The molecule has 0 atom stereocenters. The molecule has 0 bridgehead atoms. The molecule has 80 valence electrons. The van der Waals surface area contributed by atoms with Gasteiger partial charge < -0.3 is 10.5 Å². The maximum absolute atomic E-state index is 13.0. The van der Waals surface area contributed by atoms with Gasteiger partial charge in [0.15, 0.2) is 11.6 Å². The first-order valence-electron chi connectivity index (χ1n) is 4.72. The molecule has 0 saturated heterocycles. The molecule has 2 N–H and O–H groups in total. The number of nitrogens with two attached hydrogens (primary N) is 1. The molecule has 1 aromatic carbocycles. The number of ether oxygens (including phenoxy) is 1. The second-order valence-corrected chi connectivity index (χ2v) is 2.62. The van der Waals surface area contributed by atoms with Crippen LogP contribution in [0.2, 0.25) is 0 Å². The molecular weight excluding hydrogens is 181 g/mol. The van der Waals surface area contributed by atoms with Crippen LogP contribution in [0.15, 0.2) is 12.1 Å². The van der Waals surface area contributed by atoms with Crippen molar-refractivity contribution in [1.82, 2.24) is 0 Å². The lowest BCUT2D eigenvalue weighted by atomic mass is 10.1. The highest BCUT2D eigenvalue weighted by Crippen LogP contribution is 2.21. The van der Waals surface area contributed by atoms with Crippen molar-refractivity contribution in [2.45, 2.75) is 27.3 Å². The molecule has 0 heterocycles. The molecule has 0 aliphatic rings. The molecule has 0 unspecified atom stereocenters. The van der Waals surface area contributed by atoms with Crippen LogP contribution in [0.25, 0.3) is 0 Å². The number of benzene rings is 1. The van der Waals surface area contributed by atoms with E-state index in [1.807, 2.05) is 20.8 Å². The molecule has 0 aromatic heterocycles. The predicted octanol–water partition coefficient (Wildman–Crippen LogP) is 2.63. The number of methoxy groups -OCH3 is 1. The number of hydrogen-bond donors (Lipinski definition) is 1. The summed E-state index contributed by atoms with van der Waals surface area (Å²) in [6.07, 6.45) is 0. The van der Waals surface area contributed by atoms with Crippen LogP contribution in [-0.2, 0) is 6.54 Å². The van der Waals surface area contributed by atoms with Crippen molar-refractivity contribution in [3.05, 3.63) is 29.1 Å². The lowest BCUT2D eigenvalue weighted by Gasteiger charge is -2.06. The van der Waals surface area contributed by atoms with Crippen LogP contribution in [0, 0.1) is 12.7 Å². The van der Waals surface area contributed by atoms with Crippen molar-refractivity contribution >= 4 is 0 Å². The molecule has 0 aliphatic heterocycles. The predicted molar refractivity (Wildman–Crippen MR) is 56.9 cm³/mol. The Kier molecular flexibility index (Phi) is 5.88. The monoisotopic (exact) mass is 199 g/mol. The molecule has 2 nitrogen and oxygen atoms in total. The summed E-state index contributed by atoms with van der Waals surface area (Å²) in [6.45, 7) is 6.23. The summed E-state index contributed by atoms with van der Waals surface area (Å²) in [7, 11) is 1.44. The smallest absolute Gasteiger partial charge is 0.165 e. The summed E-state index contributed by atoms with van der Waals surface area (Å²) in [5.74, 6) is -0.0896. The van der Waals surface area contributed by atoms with Crippen LogP contribution in [0.4, 0.5) is 4.39 Å². The van der Waals surface area contributed by atoms with Crippen molar-refractivity contribution in [2.24, 2.45) is 5.73 Å². The highest BCUT2D eigenvalue weighted by atomic mass is 19.1. The molecule has 0 radical (unpaired) electrons. The first-order chi connectivity index (χ1) is 6.69. The molecule has 0 saturated carbocycles. The van der Waals surface area contributed by atoms with Crippen LogP contribution >= 0.6 is 0 Å². The van der Waals surface area contributed by atoms with Crippen LogP contribution in [0.3, 0.4) is 0 Å². The molecule has 0 spiro atoms. The number of hydrogen-bond acceptors (Lipinski definition) is 2. The SMILES string of the molecule is CC.COc1cc(CN)c(C)cc1F. The summed E-state index contributed by atoms with van der Waals surface area (Å²) < 4.78 is 17.8. The van der Waals surface area contributed by atoms with Crippen LogP contribution in [-0.4, -0.2) is 7.11 Å². The Morgan fingerprint density at radius 1 is 1.36 bits per heavy atom. The molecule has 14 heavy (non-hydrogen) atoms. The highest BCUT2D eigenvalue weighted by Gasteiger charge is 2.05. The zero-order valence-electron chi connectivity index (χ0n) is 9.23. The minimum absolute atomic E-state index is 0.251. The van der Waals surface area contributed by atoms with Gasteiger partial charge in [-0.15, -0.1) is 0 Å². The third-order valence-corrected chi connectivity index (χ3v) is 1.83. The summed E-state index contributed by atoms with van der Waals surface area (Å²) >= 11 is 0. The zero-order valence-corrected chi connectivity index (χ0v) is 9.23. The van der Waals surface area contributed by atoms with Crippen molar-refractivity contribution in [3.63, 3.8) is 0 Å². The quantitative estimate of drug-likeness (QED) is 0.794. The normalized spacial score (nSPS) is 9.00. The minimum Gasteiger partial charge on any atom is -0.494 e. The molecule has 3 heteroatoms. The third kappa shape index (κ3) is 3.00. The van der Waals surface area contributed by atoms with Gasteiger partial charge in [0.2, 0.25) is 0 Å². The van der Waals surface area contributed by atoms with E-state index in [4.69, 9.17) is 10.5 Å². The zero-order chi connectivity index (χ0) is 11.1. The number of halogens is 1. The minimum atomic E-state index is -0.341. The van der Waals surface area contributed by atoms with E-state index >= 15 is 0 Å². The second kappa shape index (κ2) is 6.38. The maximum atomic E-state index is 13.0. The van der Waals surface area contributed by atoms with E-state index in [1.54, 1.807) is 6.07 Å². The van der Waals surface area contributed by atoms with Crippen LogP contribution in [0.1, 0.15) is 25.0 Å². The van der Waals surface area contributed by atoms with Gasteiger partial charge >= 0.3 is 0 Å². The van der Waals surface area contributed by atoms with E-state index < -0.39 is 0 Å². The standard InChI is InChI=1S/C9H12FNO.C2H6/c1-6-3-8(10)9(12-2)4-7(6)5-11;1-2/h3-4H,5,11H2,1-2H3;1-2H3. The van der Waals surface area contributed by atoms with Crippen molar-refractivity contribution < 1.29 is 9.13 Å². The average Bonchev–Trinajstić information content (AvgIpc) is 2.21. The molecule has 0 amide bonds. The first-order valence-corrected chi connectivity index (χ1v) is 4.72. The van der Waals surface area contributed by atoms with Gasteiger partial charge in [-0.1, -0.05) is 13.8 Å². The van der Waals surface area contributed by atoms with E-state index in [1.165, 1.54) is 13.2 Å². The Bertz CT molecular complexity index is 262.